The molecule has 0 amide bonds. The number of aromatic nitrogens is 1. The number of hydrogen-bond acceptors (Lipinski definition) is 3. The second kappa shape index (κ2) is 7.11. The number of fused-ring (bicyclic) bond motifs is 1. The Morgan fingerprint density at radius 3 is 2.83 bits per heavy atom. The molecule has 0 saturated heterocycles. The standard InChI is InChI=1S/C19H17FN2O/c20-18-3-1-2-15(9-18)11-22-13-19(23)10-14-4-5-17-12-21-7-6-16(17)8-14/h1-9,12,22H,10-11,13H2. The molecular formula is C19H17FN2O. The van der Waals surface area contributed by atoms with Crippen LogP contribution in [0, 0.1) is 5.82 Å². The molecule has 3 nitrogen and oxygen atoms in total. The zero-order valence-corrected chi connectivity index (χ0v) is 12.6. The lowest BCUT2D eigenvalue weighted by atomic mass is 10.0. The van der Waals surface area contributed by atoms with Gasteiger partial charge in [-0.05, 0) is 34.7 Å². The van der Waals surface area contributed by atoms with Crippen molar-refractivity contribution in [2.24, 2.45) is 0 Å². The molecule has 0 saturated carbocycles. The van der Waals surface area contributed by atoms with Gasteiger partial charge in [-0.1, -0.05) is 30.3 Å². The molecule has 0 radical (unpaired) electrons. The lowest BCUT2D eigenvalue weighted by molar-refractivity contribution is -0.117. The summed E-state index contributed by atoms with van der Waals surface area (Å²) in [6.07, 6.45) is 3.93. The third-order valence-electron chi connectivity index (χ3n) is 3.65. The van der Waals surface area contributed by atoms with Crippen molar-refractivity contribution < 1.29 is 9.18 Å². The monoisotopic (exact) mass is 308 g/mol. The Balaban J connectivity index is 1.54. The lowest BCUT2D eigenvalue weighted by Crippen LogP contribution is -2.23. The Labute approximate surface area is 134 Å². The van der Waals surface area contributed by atoms with E-state index in [1.807, 2.05) is 36.5 Å². The van der Waals surface area contributed by atoms with E-state index in [1.54, 1.807) is 12.3 Å². The number of benzene rings is 2. The summed E-state index contributed by atoms with van der Waals surface area (Å²) < 4.78 is 13.1. The van der Waals surface area contributed by atoms with Crippen molar-refractivity contribution in [1.82, 2.24) is 10.3 Å². The lowest BCUT2D eigenvalue weighted by Gasteiger charge is -2.06. The fraction of sp³-hybridized carbons (Fsp3) is 0.158. The first kappa shape index (κ1) is 15.3. The molecule has 4 heteroatoms. The second-order valence-electron chi connectivity index (χ2n) is 5.51. The summed E-state index contributed by atoms with van der Waals surface area (Å²) in [6, 6.07) is 14.3. The number of nitrogens with one attached hydrogen (secondary N) is 1. The van der Waals surface area contributed by atoms with Gasteiger partial charge in [0.25, 0.3) is 0 Å². The second-order valence-corrected chi connectivity index (χ2v) is 5.51. The van der Waals surface area contributed by atoms with Gasteiger partial charge in [-0.2, -0.15) is 0 Å². The highest BCUT2D eigenvalue weighted by atomic mass is 19.1. The Bertz CT molecular complexity index is 832. The first-order chi connectivity index (χ1) is 11.2. The predicted molar refractivity (Wildman–Crippen MR) is 88.6 cm³/mol. The molecule has 2 aromatic carbocycles. The van der Waals surface area contributed by atoms with Gasteiger partial charge < -0.3 is 5.32 Å². The quantitative estimate of drug-likeness (QED) is 0.760. The van der Waals surface area contributed by atoms with E-state index in [9.17, 15) is 9.18 Å². The fourth-order valence-electron chi connectivity index (χ4n) is 2.53. The normalized spacial score (nSPS) is 10.8. The van der Waals surface area contributed by atoms with Gasteiger partial charge in [-0.25, -0.2) is 4.39 Å². The molecule has 0 bridgehead atoms. The smallest absolute Gasteiger partial charge is 0.150 e. The van der Waals surface area contributed by atoms with E-state index < -0.39 is 0 Å². The van der Waals surface area contributed by atoms with Gasteiger partial charge in [-0.3, -0.25) is 9.78 Å². The van der Waals surface area contributed by atoms with Crippen LogP contribution in [0.15, 0.2) is 60.9 Å². The third kappa shape index (κ3) is 4.20. The van der Waals surface area contributed by atoms with Gasteiger partial charge in [0.05, 0.1) is 6.54 Å². The first-order valence-electron chi connectivity index (χ1n) is 7.50. The van der Waals surface area contributed by atoms with E-state index >= 15 is 0 Å². The highest BCUT2D eigenvalue weighted by Crippen LogP contribution is 2.15. The maximum atomic E-state index is 13.1. The topological polar surface area (TPSA) is 42.0 Å². The highest BCUT2D eigenvalue weighted by molar-refractivity contribution is 5.86. The molecule has 1 heterocycles. The number of rotatable bonds is 6. The highest BCUT2D eigenvalue weighted by Gasteiger charge is 2.05. The number of hydrogen-bond donors (Lipinski definition) is 1. The minimum Gasteiger partial charge on any atom is -0.306 e. The molecule has 1 aromatic heterocycles. The van der Waals surface area contributed by atoms with E-state index in [-0.39, 0.29) is 18.1 Å². The molecule has 116 valence electrons. The maximum Gasteiger partial charge on any atom is 0.150 e. The maximum absolute atomic E-state index is 13.1. The molecule has 3 rings (SSSR count). The molecule has 0 aliphatic carbocycles. The largest absolute Gasteiger partial charge is 0.306 e. The average Bonchev–Trinajstić information content (AvgIpc) is 2.55. The summed E-state index contributed by atoms with van der Waals surface area (Å²) in [5.41, 5.74) is 1.82. The first-order valence-corrected chi connectivity index (χ1v) is 7.50. The van der Waals surface area contributed by atoms with Gasteiger partial charge in [-0.15, -0.1) is 0 Å². The number of carbonyl (C=O) groups excluding carboxylic acids is 1. The van der Waals surface area contributed by atoms with E-state index in [4.69, 9.17) is 0 Å². The van der Waals surface area contributed by atoms with Gasteiger partial charge in [0.2, 0.25) is 0 Å². The van der Waals surface area contributed by atoms with Gasteiger partial charge in [0, 0.05) is 30.7 Å². The van der Waals surface area contributed by atoms with Crippen LogP contribution in [0.2, 0.25) is 0 Å². The van der Waals surface area contributed by atoms with Crippen molar-refractivity contribution in [2.45, 2.75) is 13.0 Å². The number of pyridine rings is 1. The molecule has 0 fully saturated rings. The minimum absolute atomic E-state index is 0.106. The van der Waals surface area contributed by atoms with Crippen molar-refractivity contribution in [1.29, 1.82) is 0 Å². The Hall–Kier alpha value is -2.59. The van der Waals surface area contributed by atoms with Crippen molar-refractivity contribution in [3.05, 3.63) is 77.9 Å². The van der Waals surface area contributed by atoms with Crippen molar-refractivity contribution >= 4 is 16.6 Å². The number of carbonyl (C=O) groups is 1. The average molecular weight is 308 g/mol. The molecule has 3 aromatic rings. The van der Waals surface area contributed by atoms with Crippen LogP contribution in [0.5, 0.6) is 0 Å². The van der Waals surface area contributed by atoms with Crippen LogP contribution in [0.3, 0.4) is 0 Å². The number of ketones is 1. The van der Waals surface area contributed by atoms with E-state index in [0.29, 0.717) is 13.0 Å². The zero-order valence-electron chi connectivity index (χ0n) is 12.6. The van der Waals surface area contributed by atoms with Crippen LogP contribution >= 0.6 is 0 Å². The summed E-state index contributed by atoms with van der Waals surface area (Å²) in [4.78, 5) is 16.1. The predicted octanol–water partition coefficient (Wildman–Crippen LogP) is 3.28. The van der Waals surface area contributed by atoms with Crippen LogP contribution < -0.4 is 5.32 Å². The number of Topliss-reactive ketones (excluding diaryl/α,β-unsaturated/α-hetero) is 1. The fourth-order valence-corrected chi connectivity index (χ4v) is 2.53. The summed E-state index contributed by atoms with van der Waals surface area (Å²) in [7, 11) is 0. The zero-order chi connectivity index (χ0) is 16.1. The van der Waals surface area contributed by atoms with E-state index in [0.717, 1.165) is 21.9 Å². The molecule has 0 aliphatic heterocycles. The molecule has 0 unspecified atom stereocenters. The summed E-state index contributed by atoms with van der Waals surface area (Å²) in [6.45, 7) is 0.748. The van der Waals surface area contributed by atoms with Crippen LogP contribution in [0.25, 0.3) is 10.8 Å². The molecule has 0 aliphatic rings. The Kier molecular flexibility index (Phi) is 4.74. The minimum atomic E-state index is -0.263. The van der Waals surface area contributed by atoms with E-state index in [2.05, 4.69) is 10.3 Å². The molecular weight excluding hydrogens is 291 g/mol. The number of nitrogens with zero attached hydrogens (tertiary/aromatic N) is 1. The third-order valence-corrected chi connectivity index (χ3v) is 3.65. The Morgan fingerprint density at radius 1 is 1.04 bits per heavy atom. The van der Waals surface area contributed by atoms with E-state index in [1.165, 1.54) is 12.1 Å². The molecule has 0 atom stereocenters. The van der Waals surface area contributed by atoms with Crippen LogP contribution in [0.4, 0.5) is 4.39 Å². The van der Waals surface area contributed by atoms with Gasteiger partial charge in [0.1, 0.15) is 5.82 Å². The van der Waals surface area contributed by atoms with Gasteiger partial charge >= 0.3 is 0 Å². The van der Waals surface area contributed by atoms with Crippen LogP contribution in [-0.4, -0.2) is 17.3 Å². The summed E-state index contributed by atoms with van der Waals surface area (Å²) in [5, 5.41) is 5.20. The van der Waals surface area contributed by atoms with Crippen molar-refractivity contribution in [2.75, 3.05) is 6.54 Å². The molecule has 0 spiro atoms. The van der Waals surface area contributed by atoms with Crippen molar-refractivity contribution in [3.8, 4) is 0 Å². The SMILES string of the molecule is O=C(CNCc1cccc(F)c1)Cc1ccc2cnccc2c1. The van der Waals surface area contributed by atoms with Gasteiger partial charge in [0.15, 0.2) is 5.78 Å². The summed E-state index contributed by atoms with van der Waals surface area (Å²) >= 11 is 0. The summed E-state index contributed by atoms with van der Waals surface area (Å²) in [5.74, 6) is -0.156. The van der Waals surface area contributed by atoms with Crippen LogP contribution in [0.1, 0.15) is 11.1 Å². The van der Waals surface area contributed by atoms with Crippen LogP contribution in [-0.2, 0) is 17.8 Å². The number of halogens is 1. The van der Waals surface area contributed by atoms with Crippen molar-refractivity contribution in [3.63, 3.8) is 0 Å². The molecule has 1 N–H and O–H groups in total. The Morgan fingerprint density at radius 2 is 1.96 bits per heavy atom. The molecule has 23 heavy (non-hydrogen) atoms.